The molecule has 0 radical (unpaired) electrons. The normalized spacial score (nSPS) is 14.3. The number of benzene rings is 1. The quantitative estimate of drug-likeness (QED) is 0.833. The van der Waals surface area contributed by atoms with E-state index >= 15 is 0 Å². The lowest BCUT2D eigenvalue weighted by Crippen LogP contribution is -2.26. The van der Waals surface area contributed by atoms with Gasteiger partial charge in [0.2, 0.25) is 0 Å². The molecule has 2 atom stereocenters. The summed E-state index contributed by atoms with van der Waals surface area (Å²) in [7, 11) is 0. The van der Waals surface area contributed by atoms with Crippen LogP contribution in [0.15, 0.2) is 40.9 Å². The molecule has 2 aromatic rings. The molecule has 0 spiro atoms. The summed E-state index contributed by atoms with van der Waals surface area (Å²) in [4.78, 5) is 1.06. The summed E-state index contributed by atoms with van der Waals surface area (Å²) < 4.78 is 7.75. The molecule has 1 aromatic carbocycles. The van der Waals surface area contributed by atoms with Crippen LogP contribution in [0.3, 0.4) is 0 Å². The molecule has 0 saturated heterocycles. The number of hydrogen-bond acceptors (Lipinski definition) is 3. The van der Waals surface area contributed by atoms with Gasteiger partial charge in [-0.25, -0.2) is 0 Å². The summed E-state index contributed by atoms with van der Waals surface area (Å²) in [5, 5.41) is 0. The Kier molecular flexibility index (Phi) is 5.42. The van der Waals surface area contributed by atoms with E-state index in [1.807, 2.05) is 43.3 Å². The molecule has 0 aliphatic rings. The van der Waals surface area contributed by atoms with Crippen molar-refractivity contribution in [2.75, 3.05) is 0 Å². The zero-order valence-electron chi connectivity index (χ0n) is 10.5. The van der Waals surface area contributed by atoms with E-state index in [1.165, 1.54) is 11.3 Å². The molecule has 19 heavy (non-hydrogen) atoms. The molecule has 1 heterocycles. The first-order chi connectivity index (χ1) is 9.06. The first kappa shape index (κ1) is 15.0. The van der Waals surface area contributed by atoms with E-state index in [4.69, 9.17) is 22.1 Å². The molecule has 2 rings (SSSR count). The van der Waals surface area contributed by atoms with Gasteiger partial charge in [0.25, 0.3) is 0 Å². The number of nitrogens with two attached hydrogens (primary N) is 1. The SMILES string of the molecule is CC(N)C(OCc1cccc(Br)c1)c1ccc(Cl)s1. The van der Waals surface area contributed by atoms with Crippen molar-refractivity contribution in [3.8, 4) is 0 Å². The molecule has 0 aliphatic heterocycles. The van der Waals surface area contributed by atoms with Crippen LogP contribution in [0.1, 0.15) is 23.5 Å². The van der Waals surface area contributed by atoms with Gasteiger partial charge in [-0.05, 0) is 36.8 Å². The van der Waals surface area contributed by atoms with Gasteiger partial charge < -0.3 is 10.5 Å². The minimum Gasteiger partial charge on any atom is -0.366 e. The van der Waals surface area contributed by atoms with Gasteiger partial charge in [0, 0.05) is 15.4 Å². The van der Waals surface area contributed by atoms with E-state index < -0.39 is 0 Å². The van der Waals surface area contributed by atoms with Gasteiger partial charge in [-0.2, -0.15) is 0 Å². The Labute approximate surface area is 130 Å². The van der Waals surface area contributed by atoms with E-state index in [0.717, 1.165) is 19.2 Å². The van der Waals surface area contributed by atoms with Crippen molar-refractivity contribution in [1.82, 2.24) is 0 Å². The van der Waals surface area contributed by atoms with Crippen LogP contribution in [0, 0.1) is 0 Å². The molecule has 0 saturated carbocycles. The third-order valence-electron chi connectivity index (χ3n) is 2.67. The molecule has 2 nitrogen and oxygen atoms in total. The van der Waals surface area contributed by atoms with Gasteiger partial charge in [-0.3, -0.25) is 0 Å². The Morgan fingerprint density at radius 2 is 2.16 bits per heavy atom. The van der Waals surface area contributed by atoms with Crippen LogP contribution < -0.4 is 5.73 Å². The lowest BCUT2D eigenvalue weighted by molar-refractivity contribution is 0.0282. The highest BCUT2D eigenvalue weighted by Crippen LogP contribution is 2.31. The molecule has 0 amide bonds. The van der Waals surface area contributed by atoms with Crippen molar-refractivity contribution < 1.29 is 4.74 Å². The van der Waals surface area contributed by atoms with Gasteiger partial charge in [-0.1, -0.05) is 39.7 Å². The van der Waals surface area contributed by atoms with Crippen molar-refractivity contribution in [1.29, 1.82) is 0 Å². The smallest absolute Gasteiger partial charge is 0.107 e. The zero-order valence-corrected chi connectivity index (χ0v) is 13.6. The molecule has 1 aromatic heterocycles. The van der Waals surface area contributed by atoms with Gasteiger partial charge in [0.15, 0.2) is 0 Å². The maximum absolute atomic E-state index is 6.00. The number of hydrogen-bond donors (Lipinski definition) is 1. The lowest BCUT2D eigenvalue weighted by Gasteiger charge is -2.20. The van der Waals surface area contributed by atoms with Crippen molar-refractivity contribution in [2.45, 2.75) is 25.7 Å². The summed E-state index contributed by atoms with van der Waals surface area (Å²) >= 11 is 10.9. The third-order valence-corrected chi connectivity index (χ3v) is 4.46. The van der Waals surface area contributed by atoms with Crippen LogP contribution in [0.5, 0.6) is 0 Å². The topological polar surface area (TPSA) is 35.2 Å². The van der Waals surface area contributed by atoms with Gasteiger partial charge >= 0.3 is 0 Å². The Hall–Kier alpha value is -0.390. The molecule has 0 fully saturated rings. The van der Waals surface area contributed by atoms with Crippen molar-refractivity contribution in [2.24, 2.45) is 5.73 Å². The van der Waals surface area contributed by atoms with E-state index in [-0.39, 0.29) is 12.1 Å². The fraction of sp³-hybridized carbons (Fsp3) is 0.286. The van der Waals surface area contributed by atoms with Crippen LogP contribution in [-0.2, 0) is 11.3 Å². The maximum atomic E-state index is 6.00. The third kappa shape index (κ3) is 4.29. The Morgan fingerprint density at radius 1 is 1.37 bits per heavy atom. The number of ether oxygens (including phenoxy) is 1. The summed E-state index contributed by atoms with van der Waals surface area (Å²) in [6, 6.07) is 11.8. The van der Waals surface area contributed by atoms with Gasteiger partial charge in [0.1, 0.15) is 6.10 Å². The Morgan fingerprint density at radius 3 is 2.74 bits per heavy atom. The Balaban J connectivity index is 2.06. The second kappa shape index (κ2) is 6.86. The van der Waals surface area contributed by atoms with E-state index in [0.29, 0.717) is 6.61 Å². The molecule has 2 unspecified atom stereocenters. The molecule has 102 valence electrons. The molecule has 0 bridgehead atoms. The summed E-state index contributed by atoms with van der Waals surface area (Å²) in [5.74, 6) is 0. The highest BCUT2D eigenvalue weighted by atomic mass is 79.9. The standard InChI is InChI=1S/C14H15BrClNOS/c1-9(17)14(12-5-6-13(16)19-12)18-8-10-3-2-4-11(15)7-10/h2-7,9,14H,8,17H2,1H3. The molecule has 5 heteroatoms. The minimum atomic E-state index is -0.128. The predicted octanol–water partition coefficient (Wildman–Crippen LogP) is 4.77. The van der Waals surface area contributed by atoms with E-state index in [2.05, 4.69) is 15.9 Å². The first-order valence-corrected chi connectivity index (χ1v) is 7.92. The van der Waals surface area contributed by atoms with Crippen molar-refractivity contribution in [3.05, 3.63) is 55.6 Å². The van der Waals surface area contributed by atoms with Gasteiger partial charge in [-0.15, -0.1) is 11.3 Å². The summed E-state index contributed by atoms with van der Waals surface area (Å²) in [6.07, 6.45) is -0.128. The van der Waals surface area contributed by atoms with Crippen LogP contribution in [0.25, 0.3) is 0 Å². The Bertz CT molecular complexity index is 544. The predicted molar refractivity (Wildman–Crippen MR) is 84.7 cm³/mol. The minimum absolute atomic E-state index is 0.0816. The van der Waals surface area contributed by atoms with Crippen LogP contribution >= 0.6 is 38.9 Å². The maximum Gasteiger partial charge on any atom is 0.107 e. The summed E-state index contributed by atoms with van der Waals surface area (Å²) in [5.41, 5.74) is 7.11. The first-order valence-electron chi connectivity index (χ1n) is 5.93. The molecule has 2 N–H and O–H groups in total. The summed E-state index contributed by atoms with van der Waals surface area (Å²) in [6.45, 7) is 2.47. The monoisotopic (exact) mass is 359 g/mol. The average molecular weight is 361 g/mol. The fourth-order valence-electron chi connectivity index (χ4n) is 1.79. The number of thiophene rings is 1. The lowest BCUT2D eigenvalue weighted by atomic mass is 10.1. The van der Waals surface area contributed by atoms with E-state index in [9.17, 15) is 0 Å². The number of halogens is 2. The largest absolute Gasteiger partial charge is 0.366 e. The fourth-order valence-corrected chi connectivity index (χ4v) is 3.46. The van der Waals surface area contributed by atoms with Crippen molar-refractivity contribution >= 4 is 38.9 Å². The average Bonchev–Trinajstić information content (AvgIpc) is 2.76. The van der Waals surface area contributed by atoms with Crippen LogP contribution in [0.2, 0.25) is 4.34 Å². The van der Waals surface area contributed by atoms with Crippen LogP contribution in [-0.4, -0.2) is 6.04 Å². The molecular formula is C14H15BrClNOS. The zero-order chi connectivity index (χ0) is 13.8. The van der Waals surface area contributed by atoms with E-state index in [1.54, 1.807) is 0 Å². The highest BCUT2D eigenvalue weighted by molar-refractivity contribution is 9.10. The highest BCUT2D eigenvalue weighted by Gasteiger charge is 2.19. The molecule has 0 aliphatic carbocycles. The second-order valence-corrected chi connectivity index (χ2v) is 7.02. The van der Waals surface area contributed by atoms with Crippen molar-refractivity contribution in [3.63, 3.8) is 0 Å². The molecular weight excluding hydrogens is 346 g/mol. The number of rotatable bonds is 5. The van der Waals surface area contributed by atoms with Crippen LogP contribution in [0.4, 0.5) is 0 Å². The second-order valence-electron chi connectivity index (χ2n) is 4.36. The van der Waals surface area contributed by atoms with Gasteiger partial charge in [0.05, 0.1) is 10.9 Å².